The van der Waals surface area contributed by atoms with E-state index in [4.69, 9.17) is 4.43 Å². The third-order valence-corrected chi connectivity index (χ3v) is 2.53. The van der Waals surface area contributed by atoms with E-state index in [1.165, 1.54) is 0 Å². The van der Waals surface area contributed by atoms with Crippen LogP contribution in [0.5, 0.6) is 0 Å². The van der Waals surface area contributed by atoms with Crippen molar-refractivity contribution in [1.82, 2.24) is 0 Å². The summed E-state index contributed by atoms with van der Waals surface area (Å²) in [6.45, 7) is 3.39. The van der Waals surface area contributed by atoms with Gasteiger partial charge < -0.3 is 4.43 Å². The van der Waals surface area contributed by atoms with Gasteiger partial charge >= 0.3 is 0 Å². The Hall–Kier alpha value is -0.813. The summed E-state index contributed by atoms with van der Waals surface area (Å²) in [7, 11) is 2.84. The zero-order valence-electron chi connectivity index (χ0n) is 8.40. The van der Waals surface area contributed by atoms with E-state index in [-0.39, 0.29) is 12.0 Å². The fourth-order valence-corrected chi connectivity index (χ4v) is 1.27. The lowest BCUT2D eigenvalue weighted by molar-refractivity contribution is 0.123. The maximum atomic E-state index is 13.2. The second-order valence-electron chi connectivity index (χ2n) is 3.90. The lowest BCUT2D eigenvalue weighted by atomic mass is 9.98. The smallest absolute Gasteiger partial charge is 0.246 e. The molecule has 1 rings (SSSR count). The van der Waals surface area contributed by atoms with E-state index in [9.17, 15) is 13.2 Å². The Morgan fingerprint density at radius 2 is 1.67 bits per heavy atom. The molecule has 0 aliphatic carbocycles. The van der Waals surface area contributed by atoms with Gasteiger partial charge in [-0.3, -0.25) is 0 Å². The second kappa shape index (κ2) is 4.36. The summed E-state index contributed by atoms with van der Waals surface area (Å²) in [4.78, 5) is 0. The first kappa shape index (κ1) is 12.3. The topological polar surface area (TPSA) is 9.23 Å². The van der Waals surface area contributed by atoms with Crippen molar-refractivity contribution in [1.29, 1.82) is 0 Å². The van der Waals surface area contributed by atoms with Crippen LogP contribution >= 0.6 is 0 Å². The van der Waals surface area contributed by atoms with Crippen LogP contribution in [0, 0.1) is 17.5 Å². The third-order valence-electron chi connectivity index (χ3n) is 1.98. The van der Waals surface area contributed by atoms with Crippen molar-refractivity contribution < 1.29 is 17.6 Å². The zero-order valence-corrected chi connectivity index (χ0v) is 9.40. The minimum atomic E-state index is -1.19. The average molecular weight is 231 g/mol. The van der Waals surface area contributed by atoms with E-state index < -0.39 is 23.1 Å². The van der Waals surface area contributed by atoms with E-state index in [1.54, 1.807) is 13.8 Å². The van der Waals surface area contributed by atoms with Crippen molar-refractivity contribution in [3.05, 3.63) is 35.1 Å². The molecular formula is C10H10F3OSi. The van der Waals surface area contributed by atoms with Gasteiger partial charge in [-0.15, -0.1) is 0 Å². The van der Waals surface area contributed by atoms with Crippen LogP contribution in [0.3, 0.4) is 0 Å². The Bertz CT molecular complexity index is 366. The van der Waals surface area contributed by atoms with Gasteiger partial charge in [0.05, 0.1) is 5.60 Å². The largest absolute Gasteiger partial charge is 0.413 e. The van der Waals surface area contributed by atoms with Crippen LogP contribution in [0.2, 0.25) is 0 Å². The molecule has 1 nitrogen and oxygen atoms in total. The SMILES string of the molecule is CC(C)(Cc1cc(F)c(F)cc1F)O[Si]. The Balaban J connectivity index is 3.01. The Morgan fingerprint density at radius 3 is 2.20 bits per heavy atom. The van der Waals surface area contributed by atoms with E-state index in [1.807, 2.05) is 0 Å². The second-order valence-corrected chi connectivity index (χ2v) is 4.10. The Kier molecular flexibility index (Phi) is 3.57. The molecule has 0 aromatic heterocycles. The van der Waals surface area contributed by atoms with Gasteiger partial charge in [0.1, 0.15) is 5.82 Å². The summed E-state index contributed by atoms with van der Waals surface area (Å²) in [5.74, 6) is -3.02. The van der Waals surface area contributed by atoms with E-state index in [0.29, 0.717) is 6.07 Å². The van der Waals surface area contributed by atoms with Crippen LogP contribution in [0.25, 0.3) is 0 Å². The molecule has 0 amide bonds. The molecule has 0 bridgehead atoms. The number of hydrogen-bond donors (Lipinski definition) is 0. The molecule has 3 radical (unpaired) electrons. The minimum Gasteiger partial charge on any atom is -0.413 e. The maximum absolute atomic E-state index is 13.2. The molecule has 1 aromatic carbocycles. The molecule has 0 atom stereocenters. The molecule has 0 saturated heterocycles. The summed E-state index contributed by atoms with van der Waals surface area (Å²) in [5, 5.41) is 0. The highest BCUT2D eigenvalue weighted by molar-refractivity contribution is 5.98. The predicted octanol–water partition coefficient (Wildman–Crippen LogP) is 2.53. The van der Waals surface area contributed by atoms with Gasteiger partial charge in [0.2, 0.25) is 10.5 Å². The Morgan fingerprint density at radius 1 is 1.13 bits per heavy atom. The van der Waals surface area contributed by atoms with Crippen molar-refractivity contribution in [3.8, 4) is 0 Å². The van der Waals surface area contributed by atoms with Crippen LogP contribution in [0.4, 0.5) is 13.2 Å². The number of rotatable bonds is 3. The molecule has 15 heavy (non-hydrogen) atoms. The lowest BCUT2D eigenvalue weighted by Crippen LogP contribution is -2.26. The van der Waals surface area contributed by atoms with Crippen molar-refractivity contribution in [2.45, 2.75) is 25.9 Å². The van der Waals surface area contributed by atoms with E-state index >= 15 is 0 Å². The molecule has 1 aromatic rings. The van der Waals surface area contributed by atoms with Gasteiger partial charge in [0.15, 0.2) is 11.6 Å². The van der Waals surface area contributed by atoms with Crippen molar-refractivity contribution in [3.63, 3.8) is 0 Å². The molecule has 0 unspecified atom stereocenters. The average Bonchev–Trinajstić information content (AvgIpc) is 2.14. The summed E-state index contributed by atoms with van der Waals surface area (Å²) in [5.41, 5.74) is -0.612. The molecule has 0 heterocycles. The summed E-state index contributed by atoms with van der Waals surface area (Å²) < 4.78 is 43.6. The van der Waals surface area contributed by atoms with Crippen molar-refractivity contribution in [2.24, 2.45) is 0 Å². The summed E-state index contributed by atoms with van der Waals surface area (Å²) in [6, 6.07) is 1.38. The van der Waals surface area contributed by atoms with Crippen LogP contribution in [-0.2, 0) is 10.8 Å². The third kappa shape index (κ3) is 3.07. The molecule has 5 heteroatoms. The van der Waals surface area contributed by atoms with Crippen LogP contribution in [0.15, 0.2) is 12.1 Å². The van der Waals surface area contributed by atoms with Gasteiger partial charge in [0, 0.05) is 12.5 Å². The quantitative estimate of drug-likeness (QED) is 0.573. The highest BCUT2D eigenvalue weighted by Gasteiger charge is 2.20. The van der Waals surface area contributed by atoms with Gasteiger partial charge in [-0.1, -0.05) is 0 Å². The molecule has 0 aliphatic rings. The molecular weight excluding hydrogens is 221 g/mol. The van der Waals surface area contributed by atoms with Gasteiger partial charge in [-0.2, -0.15) is 0 Å². The number of hydrogen-bond acceptors (Lipinski definition) is 1. The molecule has 0 saturated carbocycles. The van der Waals surface area contributed by atoms with Gasteiger partial charge in [-0.25, -0.2) is 13.2 Å². The van der Waals surface area contributed by atoms with E-state index in [2.05, 4.69) is 10.5 Å². The maximum Gasteiger partial charge on any atom is 0.246 e. The van der Waals surface area contributed by atoms with Crippen molar-refractivity contribution >= 4 is 10.5 Å². The van der Waals surface area contributed by atoms with E-state index in [0.717, 1.165) is 6.07 Å². The summed E-state index contributed by atoms with van der Waals surface area (Å²) >= 11 is 0. The highest BCUT2D eigenvalue weighted by atomic mass is 28.2. The van der Waals surface area contributed by atoms with Gasteiger partial charge in [0.25, 0.3) is 0 Å². The lowest BCUT2D eigenvalue weighted by Gasteiger charge is -2.23. The Labute approximate surface area is 89.8 Å². The van der Waals surface area contributed by atoms with Crippen molar-refractivity contribution in [2.75, 3.05) is 0 Å². The number of benzene rings is 1. The predicted molar refractivity (Wildman–Crippen MR) is 50.9 cm³/mol. The van der Waals surface area contributed by atoms with Crippen LogP contribution in [-0.4, -0.2) is 16.1 Å². The normalized spacial score (nSPS) is 11.9. The fraction of sp³-hybridized carbons (Fsp3) is 0.400. The molecule has 0 aliphatic heterocycles. The molecule has 0 spiro atoms. The fourth-order valence-electron chi connectivity index (χ4n) is 1.19. The first-order valence-electron chi connectivity index (χ1n) is 4.34. The minimum absolute atomic E-state index is 0.0807. The molecule has 81 valence electrons. The molecule has 0 fully saturated rings. The van der Waals surface area contributed by atoms with Gasteiger partial charge in [-0.05, 0) is 25.5 Å². The standard InChI is InChI=1S/C10H10F3OSi/c1-10(2,14-15)5-6-3-8(12)9(13)4-7(6)11/h3-4H,5H2,1-2H3. The van der Waals surface area contributed by atoms with Crippen LogP contribution in [0.1, 0.15) is 19.4 Å². The zero-order chi connectivity index (χ0) is 11.6. The first-order valence-corrected chi connectivity index (χ1v) is 4.75. The summed E-state index contributed by atoms with van der Waals surface area (Å²) in [6.07, 6.45) is 0.138. The highest BCUT2D eigenvalue weighted by Crippen LogP contribution is 2.20. The number of halogens is 3. The molecule has 0 N–H and O–H groups in total. The van der Waals surface area contributed by atoms with Crippen LogP contribution < -0.4 is 0 Å². The first-order chi connectivity index (χ1) is 6.85. The monoisotopic (exact) mass is 231 g/mol.